The van der Waals surface area contributed by atoms with Crippen LogP contribution in [0.15, 0.2) is 61.2 Å². The molecule has 43 heavy (non-hydrogen) atoms. The van der Waals surface area contributed by atoms with E-state index >= 15 is 0 Å². The number of rotatable bonds is 9. The molecule has 3 unspecified atom stereocenters. The number of nitrogens with zero attached hydrogens (tertiary/aromatic N) is 4. The Balaban J connectivity index is 1.84. The van der Waals surface area contributed by atoms with E-state index in [2.05, 4.69) is 16.8 Å². The van der Waals surface area contributed by atoms with Crippen molar-refractivity contribution in [1.29, 1.82) is 0 Å². The molecule has 2 amide bonds. The third kappa shape index (κ3) is 7.04. The van der Waals surface area contributed by atoms with Crippen LogP contribution in [0.3, 0.4) is 0 Å². The summed E-state index contributed by atoms with van der Waals surface area (Å²) in [7, 11) is 3.31. The van der Waals surface area contributed by atoms with Gasteiger partial charge < -0.3 is 30.3 Å². The van der Waals surface area contributed by atoms with Crippen molar-refractivity contribution >= 4 is 35.3 Å². The van der Waals surface area contributed by atoms with Crippen molar-refractivity contribution in [2.24, 2.45) is 5.73 Å². The second-order valence-electron chi connectivity index (χ2n) is 10.9. The van der Waals surface area contributed by atoms with E-state index in [1.165, 1.54) is 13.3 Å². The fourth-order valence-corrected chi connectivity index (χ4v) is 5.61. The first-order valence-corrected chi connectivity index (χ1v) is 14.7. The van der Waals surface area contributed by atoms with Crippen molar-refractivity contribution in [1.82, 2.24) is 25.0 Å². The number of piperazine rings is 1. The lowest BCUT2D eigenvalue weighted by Gasteiger charge is -2.39. The number of ether oxygens (including phenoxy) is 2. The maximum atomic E-state index is 13.3. The normalized spacial score (nSPS) is 18.5. The SMILES string of the molecule is C=CN(C)/C(=C\N)C(NC(=O)C(C)OC)C1=Cc2cccnc2C(N2CCN(C(=O)OC(C)C)CC2)c2ccc(Cl)cc21. The van der Waals surface area contributed by atoms with Crippen molar-refractivity contribution in [2.75, 3.05) is 40.3 Å². The quantitative estimate of drug-likeness (QED) is 0.435. The number of halogens is 1. The number of pyridine rings is 1. The molecule has 4 rings (SSSR count). The lowest BCUT2D eigenvalue weighted by atomic mass is 9.89. The van der Waals surface area contributed by atoms with Crippen molar-refractivity contribution in [3.05, 3.63) is 88.6 Å². The second kappa shape index (κ2) is 14.1. The molecule has 3 N–H and O–H groups in total. The van der Waals surface area contributed by atoms with Crippen LogP contribution in [-0.4, -0.2) is 90.3 Å². The summed E-state index contributed by atoms with van der Waals surface area (Å²) in [6.07, 6.45) is 5.75. The zero-order valence-electron chi connectivity index (χ0n) is 25.4. The van der Waals surface area contributed by atoms with Crippen LogP contribution in [-0.2, 0) is 14.3 Å². The number of hydrogen-bond acceptors (Lipinski definition) is 8. The van der Waals surface area contributed by atoms with E-state index < -0.39 is 12.1 Å². The Morgan fingerprint density at radius 2 is 1.93 bits per heavy atom. The highest BCUT2D eigenvalue weighted by atomic mass is 35.5. The Morgan fingerprint density at radius 3 is 2.56 bits per heavy atom. The number of benzene rings is 1. The van der Waals surface area contributed by atoms with E-state index in [1.54, 1.807) is 29.1 Å². The molecule has 1 aromatic heterocycles. The number of methoxy groups -OCH3 is 1. The highest BCUT2D eigenvalue weighted by molar-refractivity contribution is 6.30. The molecule has 11 heteroatoms. The minimum Gasteiger partial charge on any atom is -0.447 e. The summed E-state index contributed by atoms with van der Waals surface area (Å²) in [6.45, 7) is 11.6. The smallest absolute Gasteiger partial charge is 0.410 e. The molecule has 3 atom stereocenters. The predicted octanol–water partition coefficient (Wildman–Crippen LogP) is 4.24. The summed E-state index contributed by atoms with van der Waals surface area (Å²) in [4.78, 5) is 36.6. The lowest BCUT2D eigenvalue weighted by Crippen LogP contribution is -2.50. The van der Waals surface area contributed by atoms with Crippen LogP contribution in [0, 0.1) is 0 Å². The lowest BCUT2D eigenvalue weighted by molar-refractivity contribution is -0.130. The number of amides is 2. The predicted molar refractivity (Wildman–Crippen MR) is 169 cm³/mol. The van der Waals surface area contributed by atoms with Gasteiger partial charge in [0.05, 0.1) is 29.6 Å². The van der Waals surface area contributed by atoms with E-state index in [-0.39, 0.29) is 24.1 Å². The number of carbonyl (C=O) groups is 2. The van der Waals surface area contributed by atoms with E-state index in [4.69, 9.17) is 31.8 Å². The Morgan fingerprint density at radius 1 is 1.21 bits per heavy atom. The molecular formula is C32H41ClN6O4. The number of nitrogens with two attached hydrogens (primary N) is 1. The van der Waals surface area contributed by atoms with Crippen LogP contribution in [0.2, 0.25) is 5.02 Å². The molecule has 2 heterocycles. The van der Waals surface area contributed by atoms with Gasteiger partial charge in [-0.05, 0) is 73.5 Å². The number of hydrogen-bond donors (Lipinski definition) is 2. The zero-order valence-corrected chi connectivity index (χ0v) is 26.2. The average molecular weight is 609 g/mol. The molecule has 1 aliphatic heterocycles. The first kappa shape index (κ1) is 32.1. The van der Waals surface area contributed by atoms with Crippen LogP contribution in [0.4, 0.5) is 4.79 Å². The highest BCUT2D eigenvalue weighted by Crippen LogP contribution is 2.42. The van der Waals surface area contributed by atoms with Gasteiger partial charge in [0, 0.05) is 57.8 Å². The fraction of sp³-hybridized carbons (Fsp3) is 0.406. The summed E-state index contributed by atoms with van der Waals surface area (Å²) in [6, 6.07) is 8.78. The van der Waals surface area contributed by atoms with Gasteiger partial charge >= 0.3 is 6.09 Å². The highest BCUT2D eigenvalue weighted by Gasteiger charge is 2.37. The van der Waals surface area contributed by atoms with Crippen molar-refractivity contribution in [3.8, 4) is 0 Å². The third-order valence-electron chi connectivity index (χ3n) is 7.80. The minimum absolute atomic E-state index is 0.183. The molecule has 2 aromatic rings. The first-order valence-electron chi connectivity index (χ1n) is 14.4. The van der Waals surface area contributed by atoms with Gasteiger partial charge in [-0.3, -0.25) is 14.7 Å². The number of carbonyl (C=O) groups excluding carboxylic acids is 2. The molecule has 0 saturated carbocycles. The molecule has 0 radical (unpaired) electrons. The standard InChI is InChI=1S/C32H41ClN6O4/c1-7-37(5)27(19-34)29(36-31(40)21(4)42-6)26-17-22-9-8-12-35-28(22)30(24-11-10-23(33)18-25(24)26)38-13-15-39(16-14-38)32(41)43-20(2)3/h7-12,17-21,29-30H,1,13-16,34H2,2-6H3,(H,36,40)/b27-19-. The first-order chi connectivity index (χ1) is 20.6. The van der Waals surface area contributed by atoms with Crippen LogP contribution >= 0.6 is 11.6 Å². The topological polar surface area (TPSA) is 113 Å². The van der Waals surface area contributed by atoms with E-state index in [0.717, 1.165) is 28.0 Å². The van der Waals surface area contributed by atoms with Gasteiger partial charge in [0.1, 0.15) is 6.10 Å². The van der Waals surface area contributed by atoms with Gasteiger partial charge in [0.25, 0.3) is 0 Å². The monoisotopic (exact) mass is 608 g/mol. The Hall–Kier alpha value is -3.86. The summed E-state index contributed by atoms with van der Waals surface area (Å²) >= 11 is 6.63. The van der Waals surface area contributed by atoms with Gasteiger partial charge in [-0.1, -0.05) is 30.3 Å². The summed E-state index contributed by atoms with van der Waals surface area (Å²) < 4.78 is 10.8. The molecule has 230 valence electrons. The van der Waals surface area contributed by atoms with Crippen LogP contribution < -0.4 is 11.1 Å². The van der Waals surface area contributed by atoms with Gasteiger partial charge in [0.2, 0.25) is 5.91 Å². The fourth-order valence-electron chi connectivity index (χ4n) is 5.44. The molecule has 1 aromatic carbocycles. The molecule has 1 saturated heterocycles. The largest absolute Gasteiger partial charge is 0.447 e. The molecular weight excluding hydrogens is 568 g/mol. The molecule has 10 nitrogen and oxygen atoms in total. The van der Waals surface area contributed by atoms with E-state index in [0.29, 0.717) is 36.9 Å². The molecule has 1 aliphatic carbocycles. The maximum Gasteiger partial charge on any atom is 0.410 e. The van der Waals surface area contributed by atoms with Crippen molar-refractivity contribution < 1.29 is 19.1 Å². The van der Waals surface area contributed by atoms with Gasteiger partial charge in [-0.15, -0.1) is 0 Å². The van der Waals surface area contributed by atoms with Crippen LogP contribution in [0.5, 0.6) is 0 Å². The Kier molecular flexibility index (Phi) is 10.5. The molecule has 2 aliphatic rings. The average Bonchev–Trinajstić information content (AvgIpc) is 3.14. The molecule has 1 fully saturated rings. The van der Waals surface area contributed by atoms with Crippen LogP contribution in [0.1, 0.15) is 49.2 Å². The Bertz CT molecular complexity index is 1400. The minimum atomic E-state index is -0.693. The zero-order chi connectivity index (χ0) is 31.3. The summed E-state index contributed by atoms with van der Waals surface area (Å²) in [5, 5.41) is 3.70. The molecule has 0 spiro atoms. The number of nitrogens with one attached hydrogen (secondary N) is 1. The number of likely N-dealkylation sites (N-methyl/N-ethyl adjacent to an activating group) is 1. The molecule has 0 bridgehead atoms. The number of aromatic nitrogens is 1. The summed E-state index contributed by atoms with van der Waals surface area (Å²) in [5.41, 5.74) is 11.2. The van der Waals surface area contributed by atoms with Gasteiger partial charge in [-0.2, -0.15) is 0 Å². The van der Waals surface area contributed by atoms with Gasteiger partial charge in [-0.25, -0.2) is 4.79 Å². The van der Waals surface area contributed by atoms with Gasteiger partial charge in [0.15, 0.2) is 0 Å². The van der Waals surface area contributed by atoms with Crippen molar-refractivity contribution in [2.45, 2.75) is 45.1 Å². The Labute approximate surface area is 258 Å². The van der Waals surface area contributed by atoms with E-state index in [1.807, 2.05) is 57.3 Å². The second-order valence-corrected chi connectivity index (χ2v) is 11.3. The van der Waals surface area contributed by atoms with Crippen LogP contribution in [0.25, 0.3) is 11.6 Å². The summed E-state index contributed by atoms with van der Waals surface area (Å²) in [5.74, 6) is -0.301. The third-order valence-corrected chi connectivity index (χ3v) is 8.04. The van der Waals surface area contributed by atoms with E-state index in [9.17, 15) is 9.59 Å². The maximum absolute atomic E-state index is 13.3. The number of fused-ring (bicyclic) bond motifs is 2. The van der Waals surface area contributed by atoms with Crippen molar-refractivity contribution in [3.63, 3.8) is 0 Å².